The van der Waals surface area contributed by atoms with Crippen molar-refractivity contribution in [2.24, 2.45) is 5.92 Å². The fraction of sp³-hybridized carbons (Fsp3) is 0.545. The van der Waals surface area contributed by atoms with Crippen LogP contribution in [0.25, 0.3) is 0 Å². The number of thiophene rings is 1. The molecule has 1 rings (SSSR count). The van der Waals surface area contributed by atoms with Crippen molar-refractivity contribution in [3.63, 3.8) is 0 Å². The molecule has 0 aliphatic heterocycles. The van der Waals surface area contributed by atoms with E-state index in [0.717, 1.165) is 10.6 Å². The summed E-state index contributed by atoms with van der Waals surface area (Å²) in [5, 5.41) is 0. The zero-order chi connectivity index (χ0) is 11.3. The van der Waals surface area contributed by atoms with E-state index in [1.807, 2.05) is 0 Å². The van der Waals surface area contributed by atoms with Crippen molar-refractivity contribution in [2.75, 3.05) is 11.5 Å². The maximum atomic E-state index is 11.7. The van der Waals surface area contributed by atoms with Gasteiger partial charge in [-0.25, -0.2) is 0 Å². The number of thioether (sulfide) groups is 1. The summed E-state index contributed by atoms with van der Waals surface area (Å²) in [5.74, 6) is 2.51. The Hall–Kier alpha value is 0.01000. The minimum Gasteiger partial charge on any atom is -0.292 e. The minimum atomic E-state index is 0.195. The van der Waals surface area contributed by atoms with Crippen molar-refractivity contribution < 1.29 is 4.79 Å². The molecule has 1 atom stereocenters. The summed E-state index contributed by atoms with van der Waals surface area (Å²) < 4.78 is 0.685. The molecule has 0 saturated heterocycles. The van der Waals surface area contributed by atoms with Gasteiger partial charge in [0.2, 0.25) is 0 Å². The molecular formula is C11H15ClOS2. The van der Waals surface area contributed by atoms with Crippen LogP contribution in [0.2, 0.25) is 4.34 Å². The zero-order valence-corrected chi connectivity index (χ0v) is 11.3. The van der Waals surface area contributed by atoms with Crippen LogP contribution in [0.3, 0.4) is 0 Å². The lowest BCUT2D eigenvalue weighted by atomic mass is 10.2. The van der Waals surface area contributed by atoms with Crippen molar-refractivity contribution in [2.45, 2.75) is 20.3 Å². The van der Waals surface area contributed by atoms with Gasteiger partial charge in [0.15, 0.2) is 5.78 Å². The van der Waals surface area contributed by atoms with Crippen molar-refractivity contribution >= 4 is 40.5 Å². The molecule has 4 heteroatoms. The average Bonchev–Trinajstić information content (AvgIpc) is 2.64. The molecule has 0 saturated carbocycles. The standard InChI is InChI=1S/C11H15ClOS2/c1-3-8(2)6-14-7-9(13)10-4-5-11(12)15-10/h4-5,8H,3,6-7H2,1-2H3. The quantitative estimate of drug-likeness (QED) is 0.709. The van der Waals surface area contributed by atoms with Crippen LogP contribution in [0.1, 0.15) is 29.9 Å². The third-order valence-corrected chi connectivity index (χ3v) is 4.72. The highest BCUT2D eigenvalue weighted by molar-refractivity contribution is 8.00. The van der Waals surface area contributed by atoms with Gasteiger partial charge in [-0.3, -0.25) is 4.79 Å². The van der Waals surface area contributed by atoms with Crippen LogP contribution in [0.4, 0.5) is 0 Å². The van der Waals surface area contributed by atoms with Gasteiger partial charge in [0.25, 0.3) is 0 Å². The van der Waals surface area contributed by atoms with E-state index in [-0.39, 0.29) is 5.78 Å². The third-order valence-electron chi connectivity index (χ3n) is 2.18. The molecule has 0 aliphatic rings. The maximum Gasteiger partial charge on any atom is 0.182 e. The molecule has 0 aromatic carbocycles. The second-order valence-corrected chi connectivity index (χ2v) is 6.30. The minimum absolute atomic E-state index is 0.195. The van der Waals surface area contributed by atoms with Crippen LogP contribution in [-0.2, 0) is 0 Å². The molecule has 0 radical (unpaired) electrons. The van der Waals surface area contributed by atoms with Gasteiger partial charge in [0.05, 0.1) is 15.0 Å². The topological polar surface area (TPSA) is 17.1 Å². The SMILES string of the molecule is CCC(C)CSCC(=O)c1ccc(Cl)s1. The van der Waals surface area contributed by atoms with E-state index >= 15 is 0 Å². The lowest BCUT2D eigenvalue weighted by molar-refractivity contribution is 0.102. The molecule has 1 unspecified atom stereocenters. The molecule has 0 aliphatic carbocycles. The highest BCUT2D eigenvalue weighted by atomic mass is 35.5. The first kappa shape index (κ1) is 13.1. The van der Waals surface area contributed by atoms with Gasteiger partial charge < -0.3 is 0 Å². The number of rotatable bonds is 6. The molecule has 0 N–H and O–H groups in total. The summed E-state index contributed by atoms with van der Waals surface area (Å²) >= 11 is 8.85. The van der Waals surface area contributed by atoms with Crippen molar-refractivity contribution in [3.8, 4) is 0 Å². The number of carbonyl (C=O) groups is 1. The monoisotopic (exact) mass is 262 g/mol. The lowest BCUT2D eigenvalue weighted by Gasteiger charge is -2.06. The fourth-order valence-corrected chi connectivity index (χ4v) is 3.17. The van der Waals surface area contributed by atoms with Gasteiger partial charge in [0.1, 0.15) is 0 Å². The van der Waals surface area contributed by atoms with Gasteiger partial charge in [-0.05, 0) is 23.8 Å². The van der Waals surface area contributed by atoms with E-state index < -0.39 is 0 Å². The molecule has 1 heterocycles. The predicted octanol–water partition coefficient (Wildman–Crippen LogP) is 4.36. The zero-order valence-electron chi connectivity index (χ0n) is 8.96. The van der Waals surface area contributed by atoms with Crippen LogP contribution in [-0.4, -0.2) is 17.3 Å². The molecule has 15 heavy (non-hydrogen) atoms. The van der Waals surface area contributed by atoms with E-state index in [1.54, 1.807) is 23.9 Å². The Morgan fingerprint density at radius 1 is 1.60 bits per heavy atom. The Morgan fingerprint density at radius 2 is 2.33 bits per heavy atom. The first-order valence-corrected chi connectivity index (χ1v) is 7.34. The molecule has 1 aromatic rings. The van der Waals surface area contributed by atoms with Gasteiger partial charge >= 0.3 is 0 Å². The normalized spacial score (nSPS) is 12.7. The molecule has 0 fully saturated rings. The Labute approximate surface area is 104 Å². The van der Waals surface area contributed by atoms with Crippen LogP contribution in [0.15, 0.2) is 12.1 Å². The Bertz CT molecular complexity index is 322. The van der Waals surface area contributed by atoms with E-state index in [0.29, 0.717) is 16.0 Å². The van der Waals surface area contributed by atoms with E-state index in [2.05, 4.69) is 13.8 Å². The molecule has 84 valence electrons. The van der Waals surface area contributed by atoms with Gasteiger partial charge in [-0.2, -0.15) is 11.8 Å². The van der Waals surface area contributed by atoms with Gasteiger partial charge in [-0.15, -0.1) is 11.3 Å². The lowest BCUT2D eigenvalue weighted by Crippen LogP contribution is -2.03. The summed E-state index contributed by atoms with van der Waals surface area (Å²) in [6.45, 7) is 4.38. The summed E-state index contributed by atoms with van der Waals surface area (Å²) in [5.41, 5.74) is 0. The molecule has 1 nitrogen and oxygen atoms in total. The number of hydrogen-bond donors (Lipinski definition) is 0. The maximum absolute atomic E-state index is 11.7. The molecule has 0 amide bonds. The number of halogens is 1. The van der Waals surface area contributed by atoms with Crippen LogP contribution < -0.4 is 0 Å². The highest BCUT2D eigenvalue weighted by Crippen LogP contribution is 2.23. The van der Waals surface area contributed by atoms with E-state index in [1.165, 1.54) is 17.8 Å². The number of carbonyl (C=O) groups excluding carboxylic acids is 1. The second-order valence-electron chi connectivity index (χ2n) is 3.56. The number of Topliss-reactive ketones (excluding diaryl/α,β-unsaturated/α-hetero) is 1. The predicted molar refractivity (Wildman–Crippen MR) is 70.4 cm³/mol. The largest absolute Gasteiger partial charge is 0.292 e. The fourth-order valence-electron chi connectivity index (χ4n) is 1.01. The van der Waals surface area contributed by atoms with Crippen molar-refractivity contribution in [1.29, 1.82) is 0 Å². The molecule has 0 spiro atoms. The highest BCUT2D eigenvalue weighted by Gasteiger charge is 2.09. The summed E-state index contributed by atoms with van der Waals surface area (Å²) in [7, 11) is 0. The summed E-state index contributed by atoms with van der Waals surface area (Å²) in [4.78, 5) is 12.4. The van der Waals surface area contributed by atoms with Crippen LogP contribution in [0.5, 0.6) is 0 Å². The van der Waals surface area contributed by atoms with Crippen molar-refractivity contribution in [1.82, 2.24) is 0 Å². The second kappa shape index (κ2) is 6.56. The molecular weight excluding hydrogens is 248 g/mol. The molecule has 1 aromatic heterocycles. The summed E-state index contributed by atoms with van der Waals surface area (Å²) in [6.07, 6.45) is 1.17. The van der Waals surface area contributed by atoms with E-state index in [4.69, 9.17) is 11.6 Å². The first-order valence-electron chi connectivity index (χ1n) is 4.99. The number of hydrogen-bond acceptors (Lipinski definition) is 3. The average molecular weight is 263 g/mol. The Morgan fingerprint density at radius 3 is 2.87 bits per heavy atom. The van der Waals surface area contributed by atoms with Crippen LogP contribution in [0, 0.1) is 5.92 Å². The smallest absolute Gasteiger partial charge is 0.182 e. The van der Waals surface area contributed by atoms with E-state index in [9.17, 15) is 4.79 Å². The Kier molecular flexibility index (Phi) is 5.72. The molecule has 0 bridgehead atoms. The first-order chi connectivity index (χ1) is 7.13. The van der Waals surface area contributed by atoms with Gasteiger partial charge in [-0.1, -0.05) is 31.9 Å². The van der Waals surface area contributed by atoms with Crippen molar-refractivity contribution in [3.05, 3.63) is 21.3 Å². The third kappa shape index (κ3) is 4.58. The van der Waals surface area contributed by atoms with Gasteiger partial charge in [0, 0.05) is 0 Å². The summed E-state index contributed by atoms with van der Waals surface area (Å²) in [6, 6.07) is 3.58. The Balaban J connectivity index is 2.31. The number of ketones is 1. The van der Waals surface area contributed by atoms with Crippen LogP contribution >= 0.6 is 34.7 Å².